The van der Waals surface area contributed by atoms with E-state index in [4.69, 9.17) is 17.5 Å². The van der Waals surface area contributed by atoms with Crippen molar-refractivity contribution in [2.75, 3.05) is 0 Å². The van der Waals surface area contributed by atoms with E-state index in [2.05, 4.69) is 0 Å². The molecule has 0 unspecified atom stereocenters. The average Bonchev–Trinajstić information content (AvgIpc) is 0.722. The average molecular weight is 340 g/mol. The molecule has 46 valence electrons. The van der Waals surface area contributed by atoms with Gasteiger partial charge in [-0.1, -0.05) is 0 Å². The summed E-state index contributed by atoms with van der Waals surface area (Å²) in [6.07, 6.45) is 0. The Bertz CT molecular complexity index is 94.9. The van der Waals surface area contributed by atoms with Gasteiger partial charge in [-0.3, -0.25) is 9.11 Å². The summed E-state index contributed by atoms with van der Waals surface area (Å²) in [5, 5.41) is 0. The Morgan fingerprint density at radius 3 is 1.14 bits per heavy atom. The Morgan fingerprint density at radius 1 is 1.14 bits per heavy atom. The molecule has 0 aliphatic rings. The third kappa shape index (κ3) is 103. The summed E-state index contributed by atoms with van der Waals surface area (Å²) >= 11 is 0. The van der Waals surface area contributed by atoms with Crippen molar-refractivity contribution in [3.63, 3.8) is 0 Å². The summed E-state index contributed by atoms with van der Waals surface area (Å²) < 4.78 is 31.6. The second kappa shape index (κ2) is 5.61. The molecule has 0 fully saturated rings. The predicted octanol–water partition coefficient (Wildman–Crippen LogP) is -0.658. The molecule has 0 heterocycles. The molecule has 0 aromatic carbocycles. The van der Waals surface area contributed by atoms with Gasteiger partial charge in [0.15, 0.2) is 0 Å². The Hall–Kier alpha value is 1.48. The largest absolute Gasteiger partial charge is 0.394 e. The number of hydrogen-bond donors (Lipinski definition) is 2. The van der Waals surface area contributed by atoms with Crippen LogP contribution in [0, 0.1) is 0 Å². The molecule has 7 heavy (non-hydrogen) atoms. The fourth-order valence-electron chi connectivity index (χ4n) is 0. The number of rotatable bonds is 0. The van der Waals surface area contributed by atoms with E-state index in [1.807, 2.05) is 0 Å². The zero-order chi connectivity index (χ0) is 4.50. The van der Waals surface area contributed by atoms with Crippen molar-refractivity contribution in [2.45, 2.75) is 0 Å². The van der Waals surface area contributed by atoms with E-state index in [1.165, 1.54) is 0 Å². The van der Waals surface area contributed by atoms with Gasteiger partial charge in [-0.25, -0.2) is 0 Å². The molecular formula is H2AuO4SSc. The molecule has 0 amide bonds. The SMILES string of the molecule is O=S(=O)(O)O.[Au].[Sc]. The second-order valence-electron chi connectivity index (χ2n) is 0.448. The van der Waals surface area contributed by atoms with Gasteiger partial charge in [-0.15, -0.1) is 0 Å². The third-order valence-electron chi connectivity index (χ3n) is 0. The smallest absolute Gasteiger partial charge is 0.264 e. The van der Waals surface area contributed by atoms with Crippen LogP contribution in [0.1, 0.15) is 0 Å². The van der Waals surface area contributed by atoms with Crippen molar-refractivity contribution in [2.24, 2.45) is 0 Å². The summed E-state index contributed by atoms with van der Waals surface area (Å²) in [4.78, 5) is 0. The zero-order valence-electron chi connectivity index (χ0n) is 3.00. The van der Waals surface area contributed by atoms with Crippen LogP contribution in [0.4, 0.5) is 0 Å². The number of hydrogen-bond acceptors (Lipinski definition) is 2. The zero-order valence-corrected chi connectivity index (χ0v) is 7.78. The summed E-state index contributed by atoms with van der Waals surface area (Å²) in [5.41, 5.74) is 0. The van der Waals surface area contributed by atoms with Gasteiger partial charge in [0, 0.05) is 48.2 Å². The van der Waals surface area contributed by atoms with E-state index in [9.17, 15) is 0 Å². The Labute approximate surface area is 75.5 Å². The van der Waals surface area contributed by atoms with Crippen LogP contribution >= 0.6 is 0 Å². The first kappa shape index (κ1) is 15.8. The molecule has 0 aromatic rings. The molecule has 2 N–H and O–H groups in total. The normalized spacial score (nSPS) is 8.29. The standard InChI is InChI=1S/Au.H2O4S.Sc/c;1-5(2,3)4;/h;(H2,1,2,3,4);. The molecule has 4 nitrogen and oxygen atoms in total. The molecule has 7 heteroatoms. The van der Waals surface area contributed by atoms with E-state index < -0.39 is 10.4 Å². The van der Waals surface area contributed by atoms with Gasteiger partial charge in [0.1, 0.15) is 0 Å². The summed E-state index contributed by atoms with van der Waals surface area (Å²) in [6, 6.07) is 0. The van der Waals surface area contributed by atoms with E-state index in [0.29, 0.717) is 0 Å². The molecule has 0 saturated heterocycles. The van der Waals surface area contributed by atoms with Crippen LogP contribution in [0.3, 0.4) is 0 Å². The van der Waals surface area contributed by atoms with Gasteiger partial charge in [-0.2, -0.15) is 8.42 Å². The quantitative estimate of drug-likeness (QED) is 0.454. The van der Waals surface area contributed by atoms with Gasteiger partial charge >= 0.3 is 10.4 Å². The van der Waals surface area contributed by atoms with E-state index in [1.54, 1.807) is 0 Å². The molecule has 0 spiro atoms. The van der Waals surface area contributed by atoms with Gasteiger partial charge in [0.2, 0.25) is 0 Å². The Morgan fingerprint density at radius 2 is 1.14 bits per heavy atom. The summed E-state index contributed by atoms with van der Waals surface area (Å²) in [5.74, 6) is 0. The van der Waals surface area contributed by atoms with Crippen LogP contribution in [0.15, 0.2) is 0 Å². The van der Waals surface area contributed by atoms with Gasteiger partial charge in [0.05, 0.1) is 0 Å². The minimum absolute atomic E-state index is 0. The minimum Gasteiger partial charge on any atom is -0.264 e. The van der Waals surface area contributed by atoms with Gasteiger partial charge in [-0.05, 0) is 0 Å². The maximum atomic E-state index is 8.74. The van der Waals surface area contributed by atoms with Crippen molar-refractivity contribution in [3.8, 4) is 0 Å². The molecule has 0 bridgehead atoms. The molecule has 0 saturated carbocycles. The molecule has 2 radical (unpaired) electrons. The molecule has 0 aliphatic carbocycles. The molecule has 0 atom stereocenters. The van der Waals surface area contributed by atoms with Crippen molar-refractivity contribution >= 4 is 10.4 Å². The fraction of sp³-hybridized carbons (Fsp3) is 0. The summed E-state index contributed by atoms with van der Waals surface area (Å²) in [6.45, 7) is 0. The van der Waals surface area contributed by atoms with Crippen LogP contribution in [0.2, 0.25) is 0 Å². The maximum Gasteiger partial charge on any atom is 0.394 e. The van der Waals surface area contributed by atoms with E-state index >= 15 is 0 Å². The van der Waals surface area contributed by atoms with Crippen LogP contribution in [0.5, 0.6) is 0 Å². The molecular weight excluding hydrogens is 338 g/mol. The minimum atomic E-state index is -4.67. The molecule has 0 aromatic heterocycles. The van der Waals surface area contributed by atoms with E-state index in [-0.39, 0.29) is 48.2 Å². The van der Waals surface area contributed by atoms with Crippen LogP contribution in [0.25, 0.3) is 0 Å². The summed E-state index contributed by atoms with van der Waals surface area (Å²) in [7, 11) is -4.67. The van der Waals surface area contributed by atoms with E-state index in [0.717, 1.165) is 0 Å². The fourth-order valence-corrected chi connectivity index (χ4v) is 0. The first-order valence-electron chi connectivity index (χ1n) is 0.698. The second-order valence-corrected chi connectivity index (χ2v) is 1.34. The molecule has 0 rings (SSSR count). The van der Waals surface area contributed by atoms with Gasteiger partial charge in [0.25, 0.3) is 0 Å². The maximum absolute atomic E-state index is 8.74. The first-order valence-corrected chi connectivity index (χ1v) is 2.10. The van der Waals surface area contributed by atoms with Gasteiger partial charge < -0.3 is 0 Å². The van der Waals surface area contributed by atoms with Crippen molar-refractivity contribution in [1.29, 1.82) is 0 Å². The Kier molecular flexibility index (Phi) is 12.7. The van der Waals surface area contributed by atoms with Crippen molar-refractivity contribution in [1.82, 2.24) is 0 Å². The predicted molar refractivity (Wildman–Crippen MR) is 14.2 cm³/mol. The van der Waals surface area contributed by atoms with Crippen molar-refractivity contribution < 1.29 is 65.7 Å². The monoisotopic (exact) mass is 340 g/mol. The Balaban J connectivity index is -0.0000000800. The van der Waals surface area contributed by atoms with Crippen LogP contribution in [-0.2, 0) is 58.6 Å². The topological polar surface area (TPSA) is 74.6 Å². The third-order valence-corrected chi connectivity index (χ3v) is 0. The first-order chi connectivity index (χ1) is 2.00. The van der Waals surface area contributed by atoms with Crippen molar-refractivity contribution in [3.05, 3.63) is 0 Å². The van der Waals surface area contributed by atoms with Crippen LogP contribution in [-0.4, -0.2) is 17.5 Å². The van der Waals surface area contributed by atoms with Crippen LogP contribution < -0.4 is 0 Å². The molecule has 0 aliphatic heterocycles.